The number of imidazole rings is 1. The van der Waals surface area contributed by atoms with E-state index < -0.39 is 0 Å². The van der Waals surface area contributed by atoms with Crippen LogP contribution in [0, 0.1) is 20.8 Å². The van der Waals surface area contributed by atoms with E-state index in [0.717, 1.165) is 61.0 Å². The van der Waals surface area contributed by atoms with Crippen molar-refractivity contribution in [3.05, 3.63) is 192 Å². The third-order valence-electron chi connectivity index (χ3n) is 12.3. The van der Waals surface area contributed by atoms with Gasteiger partial charge in [-0.25, -0.2) is 4.98 Å². The standard InChI is InChI=1S/C57H47N3O/c1-35-27-28-58-54-48(35)32-44(53-36(2)13-11-14-37(53)3)33-49(54)41-17-12-18-42(30-41)50-31-43(40-22-21-38-15-7-8-16-39(38)29-40)34-51-55(50)59-56(47-19-9-10-20-52(47)61)60(51)46-25-23-45(24-26-46)57(4,5)6/h7-34,61H,1-6H3. The molecule has 61 heavy (non-hydrogen) atoms. The summed E-state index contributed by atoms with van der Waals surface area (Å²) in [4.78, 5) is 10.5. The molecule has 0 bridgehead atoms. The van der Waals surface area contributed by atoms with Crippen LogP contribution in [0.1, 0.15) is 43.0 Å². The first-order valence-corrected chi connectivity index (χ1v) is 21.0. The minimum absolute atomic E-state index is 0.00465. The fraction of sp³-hybridized carbons (Fsp3) is 0.123. The van der Waals surface area contributed by atoms with E-state index in [1.165, 1.54) is 44.2 Å². The molecule has 10 aromatic rings. The lowest BCUT2D eigenvalue weighted by Crippen LogP contribution is -2.11. The number of aromatic nitrogens is 3. The largest absolute Gasteiger partial charge is 0.507 e. The summed E-state index contributed by atoms with van der Waals surface area (Å²) in [6, 6.07) is 58.1. The van der Waals surface area contributed by atoms with Crippen LogP contribution in [0.4, 0.5) is 0 Å². The molecule has 0 aliphatic rings. The van der Waals surface area contributed by atoms with E-state index in [9.17, 15) is 5.11 Å². The maximum absolute atomic E-state index is 11.4. The van der Waals surface area contributed by atoms with Crippen molar-refractivity contribution in [2.75, 3.05) is 0 Å². The molecule has 2 aromatic heterocycles. The first kappa shape index (κ1) is 37.9. The van der Waals surface area contributed by atoms with E-state index in [1.807, 2.05) is 24.4 Å². The number of phenolic OH excluding ortho intramolecular Hbond substituents is 1. The number of pyridine rings is 1. The lowest BCUT2D eigenvalue weighted by Gasteiger charge is -2.20. The van der Waals surface area contributed by atoms with Gasteiger partial charge in [0.2, 0.25) is 0 Å². The Hall–Kier alpha value is -7.30. The van der Waals surface area contributed by atoms with Gasteiger partial charge < -0.3 is 5.11 Å². The normalized spacial score (nSPS) is 11.8. The lowest BCUT2D eigenvalue weighted by molar-refractivity contribution is 0.477. The number of fused-ring (bicyclic) bond motifs is 3. The number of benzene rings is 8. The highest BCUT2D eigenvalue weighted by molar-refractivity contribution is 6.03. The quantitative estimate of drug-likeness (QED) is 0.183. The van der Waals surface area contributed by atoms with Gasteiger partial charge in [0, 0.05) is 28.4 Å². The zero-order valence-electron chi connectivity index (χ0n) is 35.5. The first-order valence-electron chi connectivity index (χ1n) is 21.0. The van der Waals surface area contributed by atoms with Crippen LogP contribution in [0.3, 0.4) is 0 Å². The molecule has 8 aromatic carbocycles. The molecule has 296 valence electrons. The molecule has 2 heterocycles. The smallest absolute Gasteiger partial charge is 0.149 e. The van der Waals surface area contributed by atoms with Gasteiger partial charge in [-0.3, -0.25) is 9.55 Å². The number of hydrogen-bond donors (Lipinski definition) is 1. The molecule has 0 aliphatic heterocycles. The average molecular weight is 790 g/mol. The van der Waals surface area contributed by atoms with Gasteiger partial charge in [0.1, 0.15) is 11.6 Å². The van der Waals surface area contributed by atoms with Crippen LogP contribution in [-0.2, 0) is 5.41 Å². The Morgan fingerprint density at radius 3 is 1.90 bits per heavy atom. The van der Waals surface area contributed by atoms with Crippen molar-refractivity contribution >= 4 is 32.7 Å². The number of aromatic hydroxyl groups is 1. The van der Waals surface area contributed by atoms with E-state index in [-0.39, 0.29) is 11.2 Å². The van der Waals surface area contributed by atoms with Gasteiger partial charge in [0.05, 0.1) is 22.1 Å². The fourth-order valence-corrected chi connectivity index (χ4v) is 9.02. The number of aryl methyl sites for hydroxylation is 3. The van der Waals surface area contributed by atoms with Gasteiger partial charge in [-0.05, 0) is 159 Å². The first-order chi connectivity index (χ1) is 29.5. The summed E-state index contributed by atoms with van der Waals surface area (Å²) < 4.78 is 2.21. The molecule has 1 N–H and O–H groups in total. The van der Waals surface area contributed by atoms with Gasteiger partial charge in [-0.1, -0.05) is 118 Å². The summed E-state index contributed by atoms with van der Waals surface area (Å²) in [6.07, 6.45) is 1.92. The van der Waals surface area contributed by atoms with E-state index in [2.05, 4.69) is 186 Å². The van der Waals surface area contributed by atoms with E-state index in [4.69, 9.17) is 9.97 Å². The number of rotatable bonds is 6. The van der Waals surface area contributed by atoms with Gasteiger partial charge in [-0.15, -0.1) is 0 Å². The number of nitrogens with zero attached hydrogens (tertiary/aromatic N) is 3. The maximum Gasteiger partial charge on any atom is 0.149 e. The van der Waals surface area contributed by atoms with Crippen LogP contribution in [0.5, 0.6) is 5.75 Å². The summed E-state index contributed by atoms with van der Waals surface area (Å²) in [5, 5.41) is 14.9. The van der Waals surface area contributed by atoms with E-state index in [1.54, 1.807) is 6.07 Å². The van der Waals surface area contributed by atoms with Gasteiger partial charge >= 0.3 is 0 Å². The molecule has 0 atom stereocenters. The van der Waals surface area contributed by atoms with Gasteiger partial charge in [-0.2, -0.15) is 0 Å². The molecule has 4 nitrogen and oxygen atoms in total. The number of para-hydroxylation sites is 1. The summed E-state index contributed by atoms with van der Waals surface area (Å²) in [6.45, 7) is 13.3. The second-order valence-electron chi connectivity index (χ2n) is 17.4. The van der Waals surface area contributed by atoms with Crippen LogP contribution in [0.15, 0.2) is 170 Å². The molecule has 0 unspecified atom stereocenters. The van der Waals surface area contributed by atoms with Crippen LogP contribution in [0.25, 0.3) is 94.3 Å². The van der Waals surface area contributed by atoms with Crippen molar-refractivity contribution in [1.82, 2.24) is 14.5 Å². The van der Waals surface area contributed by atoms with Gasteiger partial charge in [0.25, 0.3) is 0 Å². The molecular weight excluding hydrogens is 743 g/mol. The summed E-state index contributed by atoms with van der Waals surface area (Å²) in [7, 11) is 0. The maximum atomic E-state index is 11.4. The molecule has 0 aliphatic carbocycles. The molecule has 4 heteroatoms. The van der Waals surface area contributed by atoms with E-state index in [0.29, 0.717) is 11.4 Å². The Balaban J connectivity index is 1.26. The van der Waals surface area contributed by atoms with Crippen LogP contribution < -0.4 is 0 Å². The van der Waals surface area contributed by atoms with Crippen molar-refractivity contribution in [2.24, 2.45) is 0 Å². The van der Waals surface area contributed by atoms with Crippen molar-refractivity contribution in [3.8, 4) is 67.3 Å². The van der Waals surface area contributed by atoms with Crippen molar-refractivity contribution in [2.45, 2.75) is 47.0 Å². The highest BCUT2D eigenvalue weighted by Gasteiger charge is 2.23. The average Bonchev–Trinajstić information content (AvgIpc) is 3.65. The Morgan fingerprint density at radius 1 is 0.492 bits per heavy atom. The summed E-state index contributed by atoms with van der Waals surface area (Å²) in [5.74, 6) is 0.860. The second kappa shape index (κ2) is 14.8. The monoisotopic (exact) mass is 789 g/mol. The topological polar surface area (TPSA) is 50.9 Å². The number of phenols is 1. The highest BCUT2D eigenvalue weighted by atomic mass is 16.3. The SMILES string of the molecule is Cc1cccc(C)c1-c1cc(-c2cccc(-c3cc(-c4ccc5ccccc5c4)cc4c3nc(-c3ccccc3O)n4-c3ccc(C(C)(C)C)cc3)c2)c2nccc(C)c2c1. The molecule has 0 saturated heterocycles. The zero-order chi connectivity index (χ0) is 42.0. The van der Waals surface area contributed by atoms with Crippen molar-refractivity contribution in [3.63, 3.8) is 0 Å². The molecule has 0 spiro atoms. The van der Waals surface area contributed by atoms with Crippen molar-refractivity contribution < 1.29 is 5.11 Å². The third kappa shape index (κ3) is 6.75. The molecule has 0 amide bonds. The Morgan fingerprint density at radius 2 is 1.16 bits per heavy atom. The molecule has 10 rings (SSSR count). The second-order valence-corrected chi connectivity index (χ2v) is 17.4. The lowest BCUT2D eigenvalue weighted by atomic mass is 9.87. The highest BCUT2D eigenvalue weighted by Crippen LogP contribution is 2.43. The predicted octanol–water partition coefficient (Wildman–Crippen LogP) is 15.0. The molecule has 0 radical (unpaired) electrons. The Bertz CT molecular complexity index is 3310. The van der Waals surface area contributed by atoms with Crippen LogP contribution in [0.2, 0.25) is 0 Å². The third-order valence-corrected chi connectivity index (χ3v) is 12.3. The minimum Gasteiger partial charge on any atom is -0.507 e. The predicted molar refractivity (Wildman–Crippen MR) is 256 cm³/mol. The zero-order valence-corrected chi connectivity index (χ0v) is 35.5. The fourth-order valence-electron chi connectivity index (χ4n) is 9.02. The Kier molecular flexibility index (Phi) is 9.18. The number of hydrogen-bond acceptors (Lipinski definition) is 3. The Labute approximate surface area is 357 Å². The molecule has 0 fully saturated rings. The molecule has 0 saturated carbocycles. The summed E-state index contributed by atoms with van der Waals surface area (Å²) in [5.41, 5.74) is 18.2. The van der Waals surface area contributed by atoms with E-state index >= 15 is 0 Å². The van der Waals surface area contributed by atoms with Crippen LogP contribution in [-0.4, -0.2) is 19.6 Å². The molecular formula is C57H47N3O. The minimum atomic E-state index is -0.00465. The van der Waals surface area contributed by atoms with Crippen molar-refractivity contribution in [1.29, 1.82) is 0 Å². The summed E-state index contributed by atoms with van der Waals surface area (Å²) >= 11 is 0. The van der Waals surface area contributed by atoms with Crippen LogP contribution >= 0.6 is 0 Å². The van der Waals surface area contributed by atoms with Gasteiger partial charge in [0.15, 0.2) is 0 Å².